The highest BCUT2D eigenvalue weighted by Crippen LogP contribution is 2.59. The van der Waals surface area contributed by atoms with Crippen molar-refractivity contribution in [2.24, 2.45) is 5.41 Å². The topological polar surface area (TPSA) is 145 Å². The lowest BCUT2D eigenvalue weighted by Crippen LogP contribution is -2.46. The largest absolute Gasteiger partial charge is 0.433 e. The van der Waals surface area contributed by atoms with E-state index in [4.69, 9.17) is 5.73 Å². The first-order valence-electron chi connectivity index (χ1n) is 11.9. The second-order valence-electron chi connectivity index (χ2n) is 10.1. The Kier molecular flexibility index (Phi) is 5.58. The van der Waals surface area contributed by atoms with Gasteiger partial charge in [0, 0.05) is 11.4 Å². The van der Waals surface area contributed by atoms with Gasteiger partial charge in [-0.1, -0.05) is 6.92 Å². The number of piperidine rings is 1. The van der Waals surface area contributed by atoms with Crippen molar-refractivity contribution in [1.82, 2.24) is 34.4 Å². The first-order valence-corrected chi connectivity index (χ1v) is 12.7. The highest BCUT2D eigenvalue weighted by molar-refractivity contribution is 9.10. The summed E-state index contributed by atoms with van der Waals surface area (Å²) in [5, 5.41) is 3.08. The highest BCUT2D eigenvalue weighted by atomic mass is 79.9. The quantitative estimate of drug-likeness (QED) is 0.361. The standard InChI is InChI=1S/C24H21BrF3N9O2/c1-10-19-11(3-13(33-10)24(26,27)28)18-20(29)31-9-32-21(18)36(19)8-17(38)37-12(4-23(2)5-14(23)37)22(39)35-16-7-30-6-15(25)34-16/h3,6-7,9,12,14H,4-5,8H2,1-2H3,(H2,29,31,32)(H,34,35,39)/t12-,14+,23-/m0/s1. The summed E-state index contributed by atoms with van der Waals surface area (Å²) in [6.45, 7) is 3.17. The van der Waals surface area contributed by atoms with Crippen LogP contribution >= 0.6 is 15.9 Å². The van der Waals surface area contributed by atoms with Crippen LogP contribution in [0, 0.1) is 12.3 Å². The highest BCUT2D eigenvalue weighted by Gasteiger charge is 2.64. The summed E-state index contributed by atoms with van der Waals surface area (Å²) >= 11 is 3.22. The summed E-state index contributed by atoms with van der Waals surface area (Å²) < 4.78 is 42.6. The van der Waals surface area contributed by atoms with Gasteiger partial charge in [-0.3, -0.25) is 14.6 Å². The zero-order valence-corrected chi connectivity index (χ0v) is 22.2. The Morgan fingerprint density at radius 2 is 2.00 bits per heavy atom. The predicted molar refractivity (Wildman–Crippen MR) is 137 cm³/mol. The Morgan fingerprint density at radius 3 is 2.72 bits per heavy atom. The molecule has 39 heavy (non-hydrogen) atoms. The van der Waals surface area contributed by atoms with E-state index in [0.717, 1.165) is 12.5 Å². The third-order valence-corrected chi connectivity index (χ3v) is 7.87. The Morgan fingerprint density at radius 1 is 1.23 bits per heavy atom. The van der Waals surface area contributed by atoms with E-state index in [1.54, 1.807) is 4.90 Å². The number of pyridine rings is 1. The SMILES string of the molecule is Cc1nc(C(F)(F)F)cc2c3c(N)ncnc3n(CC(=O)N3[C@H](C(=O)Nc4cncc(Br)n4)C[C@@]4(C)C[C@@H]34)c12. The number of alkyl halides is 3. The van der Waals surface area contributed by atoms with Gasteiger partial charge in [-0.25, -0.2) is 19.9 Å². The molecule has 0 aromatic carbocycles. The molecule has 1 aliphatic heterocycles. The van der Waals surface area contributed by atoms with E-state index in [9.17, 15) is 22.8 Å². The van der Waals surface area contributed by atoms with Crippen LogP contribution in [0.5, 0.6) is 0 Å². The molecule has 3 atom stereocenters. The summed E-state index contributed by atoms with van der Waals surface area (Å²) in [4.78, 5) is 48.8. The maximum atomic E-state index is 13.8. The molecule has 1 saturated heterocycles. The van der Waals surface area contributed by atoms with Gasteiger partial charge in [0.25, 0.3) is 0 Å². The second kappa shape index (κ2) is 8.56. The molecule has 1 saturated carbocycles. The fourth-order valence-electron chi connectivity index (χ4n) is 5.64. The van der Waals surface area contributed by atoms with Gasteiger partial charge >= 0.3 is 6.18 Å². The average molecular weight is 604 g/mol. The van der Waals surface area contributed by atoms with Crippen LogP contribution in [0.1, 0.15) is 31.2 Å². The van der Waals surface area contributed by atoms with Gasteiger partial charge in [0.15, 0.2) is 5.82 Å². The van der Waals surface area contributed by atoms with Crippen LogP contribution in [0.3, 0.4) is 0 Å². The number of amides is 2. The summed E-state index contributed by atoms with van der Waals surface area (Å²) in [6, 6.07) is -0.00175. The van der Waals surface area contributed by atoms with Crippen molar-refractivity contribution < 1.29 is 22.8 Å². The summed E-state index contributed by atoms with van der Waals surface area (Å²) in [5.74, 6) is -0.551. The normalized spacial score (nSPS) is 22.4. The van der Waals surface area contributed by atoms with Gasteiger partial charge in [0.2, 0.25) is 11.8 Å². The van der Waals surface area contributed by atoms with Crippen molar-refractivity contribution in [3.05, 3.63) is 40.8 Å². The van der Waals surface area contributed by atoms with E-state index in [1.165, 1.54) is 30.2 Å². The van der Waals surface area contributed by atoms with Gasteiger partial charge in [0.05, 0.1) is 29.0 Å². The minimum Gasteiger partial charge on any atom is -0.383 e. The summed E-state index contributed by atoms with van der Waals surface area (Å²) in [7, 11) is 0. The Hall–Kier alpha value is -3.88. The Balaban J connectivity index is 1.39. The van der Waals surface area contributed by atoms with E-state index in [2.05, 4.69) is 46.2 Å². The zero-order valence-electron chi connectivity index (χ0n) is 20.6. The first kappa shape index (κ1) is 25.4. The third-order valence-electron chi connectivity index (χ3n) is 7.48. The van der Waals surface area contributed by atoms with Crippen molar-refractivity contribution in [2.75, 3.05) is 11.1 Å². The molecule has 6 rings (SSSR count). The third kappa shape index (κ3) is 4.15. The van der Waals surface area contributed by atoms with Gasteiger partial charge < -0.3 is 20.5 Å². The first-order chi connectivity index (χ1) is 18.4. The van der Waals surface area contributed by atoms with E-state index in [0.29, 0.717) is 16.5 Å². The van der Waals surface area contributed by atoms with Crippen LogP contribution in [0.2, 0.25) is 0 Å². The number of aryl methyl sites for hydroxylation is 1. The van der Waals surface area contributed by atoms with Crippen molar-refractivity contribution in [1.29, 1.82) is 0 Å². The van der Waals surface area contributed by atoms with E-state index in [-0.39, 0.29) is 57.7 Å². The van der Waals surface area contributed by atoms with Crippen molar-refractivity contribution in [3.63, 3.8) is 0 Å². The maximum absolute atomic E-state index is 13.8. The maximum Gasteiger partial charge on any atom is 0.433 e. The molecule has 2 fully saturated rings. The zero-order chi connectivity index (χ0) is 27.9. The molecular formula is C24H21BrF3N9O2. The number of carbonyl (C=O) groups excluding carboxylic acids is 2. The van der Waals surface area contributed by atoms with Crippen LogP contribution in [-0.2, 0) is 22.3 Å². The molecule has 1 aliphatic carbocycles. The summed E-state index contributed by atoms with van der Waals surface area (Å²) in [5.41, 5.74) is 5.34. The lowest BCUT2D eigenvalue weighted by atomic mass is 10.0. The van der Waals surface area contributed by atoms with Crippen molar-refractivity contribution >= 4 is 61.3 Å². The number of hydrogen-bond acceptors (Lipinski definition) is 8. The molecule has 4 aromatic heterocycles. The number of anilines is 2. The minimum absolute atomic E-state index is 0.0155. The molecule has 0 bridgehead atoms. The minimum atomic E-state index is -4.68. The number of rotatable bonds is 4. The van der Waals surface area contributed by atoms with Crippen LogP contribution in [0.4, 0.5) is 24.8 Å². The van der Waals surface area contributed by atoms with E-state index < -0.39 is 23.8 Å². The lowest BCUT2D eigenvalue weighted by molar-refractivity contribution is -0.141. The number of aromatic nitrogens is 6. The molecule has 0 unspecified atom stereocenters. The molecule has 15 heteroatoms. The van der Waals surface area contributed by atoms with Gasteiger partial charge in [-0.2, -0.15) is 13.2 Å². The van der Waals surface area contributed by atoms with Gasteiger partial charge in [-0.05, 0) is 47.2 Å². The number of fused-ring (bicyclic) bond motifs is 4. The Labute approximate surface area is 227 Å². The number of nitrogens with two attached hydrogens (primary N) is 1. The molecule has 0 spiro atoms. The predicted octanol–water partition coefficient (Wildman–Crippen LogP) is 3.46. The van der Waals surface area contributed by atoms with Gasteiger partial charge in [0.1, 0.15) is 40.7 Å². The number of nitrogens with one attached hydrogen (secondary N) is 1. The molecular weight excluding hydrogens is 583 g/mol. The number of nitrogen functional groups attached to an aromatic ring is 1. The number of nitrogens with zero attached hydrogens (tertiary/aromatic N) is 7. The Bertz CT molecular complexity index is 1690. The smallest absolute Gasteiger partial charge is 0.383 e. The number of hydrogen-bond donors (Lipinski definition) is 2. The molecule has 202 valence electrons. The molecule has 0 radical (unpaired) electrons. The van der Waals surface area contributed by atoms with Crippen LogP contribution in [0.25, 0.3) is 21.9 Å². The molecule has 5 heterocycles. The fourth-order valence-corrected chi connectivity index (χ4v) is 5.95. The number of likely N-dealkylation sites (tertiary alicyclic amines) is 1. The second-order valence-corrected chi connectivity index (χ2v) is 11.0. The molecule has 11 nitrogen and oxygen atoms in total. The van der Waals surface area contributed by atoms with E-state index in [1.807, 2.05) is 6.92 Å². The molecule has 3 N–H and O–H groups in total. The average Bonchev–Trinajstić information content (AvgIpc) is 3.25. The molecule has 2 aliphatic rings. The van der Waals surface area contributed by atoms with Crippen molar-refractivity contribution in [2.45, 2.75) is 51.5 Å². The monoisotopic (exact) mass is 603 g/mol. The van der Waals surface area contributed by atoms with Crippen molar-refractivity contribution in [3.8, 4) is 0 Å². The number of carbonyl (C=O) groups is 2. The van der Waals surface area contributed by atoms with E-state index >= 15 is 0 Å². The molecule has 2 amide bonds. The fraction of sp³-hybridized carbons (Fsp3) is 0.375. The van der Waals surface area contributed by atoms with Gasteiger partial charge in [-0.15, -0.1) is 0 Å². The molecule has 4 aromatic rings. The van der Waals surface area contributed by atoms with Crippen LogP contribution < -0.4 is 11.1 Å². The number of halogens is 4. The van der Waals surface area contributed by atoms with Crippen LogP contribution in [0.15, 0.2) is 29.4 Å². The van der Waals surface area contributed by atoms with Crippen LogP contribution in [-0.4, -0.2) is 58.3 Å². The lowest BCUT2D eigenvalue weighted by Gasteiger charge is -2.27. The summed E-state index contributed by atoms with van der Waals surface area (Å²) in [6.07, 6.45) is 0.603.